The molecule has 0 amide bonds. The van der Waals surface area contributed by atoms with Crippen LogP contribution in [0.15, 0.2) is 54.7 Å². The maximum atomic E-state index is 10.1. The van der Waals surface area contributed by atoms with E-state index in [0.29, 0.717) is 6.04 Å². The lowest BCUT2D eigenvalue weighted by Gasteiger charge is -2.27. The van der Waals surface area contributed by atoms with Gasteiger partial charge in [0.05, 0.1) is 5.60 Å². The SMILES string of the molecule is CC(C)(O)CCc1ccc2[nH]cc(C[C@H]3CCCN3CC3CCN(Cc4ccccc4)C3)c2c1. The number of hydrogen-bond acceptors (Lipinski definition) is 3. The highest BCUT2D eigenvalue weighted by Crippen LogP contribution is 2.29. The Bertz CT molecular complexity index is 1070. The minimum Gasteiger partial charge on any atom is -0.390 e. The van der Waals surface area contributed by atoms with Crippen molar-refractivity contribution in [1.82, 2.24) is 14.8 Å². The summed E-state index contributed by atoms with van der Waals surface area (Å²) in [4.78, 5) is 8.93. The van der Waals surface area contributed by atoms with Crippen LogP contribution >= 0.6 is 0 Å². The number of nitrogens with one attached hydrogen (secondary N) is 1. The van der Waals surface area contributed by atoms with Crippen molar-refractivity contribution in [1.29, 1.82) is 0 Å². The lowest BCUT2D eigenvalue weighted by molar-refractivity contribution is 0.0714. The molecule has 4 nitrogen and oxygen atoms in total. The summed E-state index contributed by atoms with van der Waals surface area (Å²) >= 11 is 0. The molecule has 182 valence electrons. The van der Waals surface area contributed by atoms with E-state index in [-0.39, 0.29) is 0 Å². The summed E-state index contributed by atoms with van der Waals surface area (Å²) < 4.78 is 0. The summed E-state index contributed by atoms with van der Waals surface area (Å²) in [7, 11) is 0. The van der Waals surface area contributed by atoms with Gasteiger partial charge in [0.15, 0.2) is 0 Å². The smallest absolute Gasteiger partial charge is 0.0594 e. The van der Waals surface area contributed by atoms with E-state index in [2.05, 4.69) is 69.5 Å². The van der Waals surface area contributed by atoms with Gasteiger partial charge in [-0.05, 0) is 100 Å². The van der Waals surface area contributed by atoms with E-state index in [1.54, 1.807) is 0 Å². The molecule has 0 saturated carbocycles. The van der Waals surface area contributed by atoms with E-state index in [1.165, 1.54) is 73.0 Å². The second-order valence-electron chi connectivity index (χ2n) is 11.4. The van der Waals surface area contributed by atoms with E-state index >= 15 is 0 Å². The average Bonchev–Trinajstić information content (AvgIpc) is 3.54. The van der Waals surface area contributed by atoms with Crippen LogP contribution in [-0.2, 0) is 19.4 Å². The number of likely N-dealkylation sites (tertiary alicyclic amines) is 2. The number of aliphatic hydroxyl groups is 1. The Balaban J connectivity index is 1.19. The Morgan fingerprint density at radius 2 is 1.88 bits per heavy atom. The zero-order chi connectivity index (χ0) is 23.5. The van der Waals surface area contributed by atoms with Crippen LogP contribution in [-0.4, -0.2) is 57.7 Å². The standard InChI is InChI=1S/C30H41N3O/c1-30(2,34)14-12-23-10-11-29-28(17-23)26(19-31-29)18-27-9-6-15-33(27)22-25-13-16-32(21-25)20-24-7-4-3-5-8-24/h3-5,7-8,10-11,17,19,25,27,31,34H,6,9,12-16,18,20-22H2,1-2H3/t25?,27-/m1/s1. The van der Waals surface area contributed by atoms with Crippen LogP contribution < -0.4 is 0 Å². The first-order valence-corrected chi connectivity index (χ1v) is 13.2. The zero-order valence-electron chi connectivity index (χ0n) is 21.0. The van der Waals surface area contributed by atoms with E-state index in [4.69, 9.17) is 0 Å². The monoisotopic (exact) mass is 459 g/mol. The fraction of sp³-hybridized carbons (Fsp3) is 0.533. The van der Waals surface area contributed by atoms with Crippen molar-refractivity contribution in [3.05, 3.63) is 71.4 Å². The van der Waals surface area contributed by atoms with Crippen molar-refractivity contribution >= 4 is 10.9 Å². The highest BCUT2D eigenvalue weighted by molar-refractivity contribution is 5.84. The van der Waals surface area contributed by atoms with E-state index in [1.807, 2.05) is 13.8 Å². The number of nitrogens with zero attached hydrogens (tertiary/aromatic N) is 2. The van der Waals surface area contributed by atoms with Crippen LogP contribution in [0.2, 0.25) is 0 Å². The molecule has 2 fully saturated rings. The summed E-state index contributed by atoms with van der Waals surface area (Å²) in [6, 6.07) is 18.3. The molecule has 5 rings (SSSR count). The lowest BCUT2D eigenvalue weighted by Crippen LogP contribution is -2.36. The molecule has 34 heavy (non-hydrogen) atoms. The van der Waals surface area contributed by atoms with Gasteiger partial charge in [-0.2, -0.15) is 0 Å². The molecule has 2 aliphatic heterocycles. The average molecular weight is 460 g/mol. The van der Waals surface area contributed by atoms with Gasteiger partial charge in [-0.1, -0.05) is 36.4 Å². The van der Waals surface area contributed by atoms with Crippen molar-refractivity contribution in [2.45, 2.75) is 70.6 Å². The molecule has 0 radical (unpaired) electrons. The van der Waals surface area contributed by atoms with Gasteiger partial charge in [-0.25, -0.2) is 0 Å². The Morgan fingerprint density at radius 3 is 2.71 bits per heavy atom. The normalized spacial score (nSPS) is 22.2. The third-order valence-corrected chi connectivity index (χ3v) is 7.92. The maximum Gasteiger partial charge on any atom is 0.0594 e. The molecule has 2 saturated heterocycles. The summed E-state index contributed by atoms with van der Waals surface area (Å²) in [6.07, 6.45) is 9.04. The van der Waals surface area contributed by atoms with Gasteiger partial charge in [0, 0.05) is 42.8 Å². The van der Waals surface area contributed by atoms with Crippen LogP contribution in [0.5, 0.6) is 0 Å². The molecule has 3 aromatic rings. The van der Waals surface area contributed by atoms with Crippen molar-refractivity contribution in [2.24, 2.45) is 5.92 Å². The molecule has 1 aromatic heterocycles. The van der Waals surface area contributed by atoms with Crippen LogP contribution in [0.4, 0.5) is 0 Å². The number of aryl methyl sites for hydroxylation is 1. The second kappa shape index (κ2) is 10.2. The Kier molecular flexibility index (Phi) is 7.10. The van der Waals surface area contributed by atoms with Gasteiger partial charge in [-0.3, -0.25) is 9.80 Å². The van der Waals surface area contributed by atoms with Gasteiger partial charge < -0.3 is 10.1 Å². The number of fused-ring (bicyclic) bond motifs is 1. The quantitative estimate of drug-likeness (QED) is 0.450. The number of benzene rings is 2. The second-order valence-corrected chi connectivity index (χ2v) is 11.4. The minimum absolute atomic E-state index is 0.614. The summed E-state index contributed by atoms with van der Waals surface area (Å²) in [5, 5.41) is 11.5. The highest BCUT2D eigenvalue weighted by Gasteiger charge is 2.30. The van der Waals surface area contributed by atoms with Gasteiger partial charge >= 0.3 is 0 Å². The first-order valence-electron chi connectivity index (χ1n) is 13.2. The van der Waals surface area contributed by atoms with Crippen molar-refractivity contribution in [3.63, 3.8) is 0 Å². The summed E-state index contributed by atoms with van der Waals surface area (Å²) in [5.41, 5.74) is 4.83. The van der Waals surface area contributed by atoms with Gasteiger partial charge in [0.1, 0.15) is 0 Å². The van der Waals surface area contributed by atoms with Crippen LogP contribution in [0, 0.1) is 5.92 Å². The van der Waals surface area contributed by atoms with Crippen molar-refractivity contribution in [2.75, 3.05) is 26.2 Å². The van der Waals surface area contributed by atoms with Crippen LogP contribution in [0.1, 0.15) is 56.2 Å². The van der Waals surface area contributed by atoms with Crippen LogP contribution in [0.3, 0.4) is 0 Å². The predicted molar refractivity (Wildman–Crippen MR) is 141 cm³/mol. The molecular weight excluding hydrogens is 418 g/mol. The Labute approximate surface area is 205 Å². The molecule has 2 N–H and O–H groups in total. The molecule has 2 atom stereocenters. The topological polar surface area (TPSA) is 42.5 Å². The molecule has 2 aliphatic rings. The first-order chi connectivity index (χ1) is 16.4. The van der Waals surface area contributed by atoms with E-state index < -0.39 is 5.60 Å². The number of hydrogen-bond donors (Lipinski definition) is 2. The zero-order valence-corrected chi connectivity index (χ0v) is 21.0. The Morgan fingerprint density at radius 1 is 1.03 bits per heavy atom. The first kappa shape index (κ1) is 23.6. The summed E-state index contributed by atoms with van der Waals surface area (Å²) in [5.74, 6) is 0.792. The molecule has 0 bridgehead atoms. The van der Waals surface area contributed by atoms with E-state index in [0.717, 1.165) is 31.7 Å². The summed E-state index contributed by atoms with van der Waals surface area (Å²) in [6.45, 7) is 9.84. The Hall–Kier alpha value is -2.14. The third kappa shape index (κ3) is 5.91. The predicted octanol–water partition coefficient (Wildman–Crippen LogP) is 5.40. The fourth-order valence-electron chi connectivity index (χ4n) is 6.00. The van der Waals surface area contributed by atoms with E-state index in [9.17, 15) is 5.11 Å². The molecule has 4 heteroatoms. The highest BCUT2D eigenvalue weighted by atomic mass is 16.3. The molecule has 3 heterocycles. The molecule has 1 unspecified atom stereocenters. The van der Waals surface area contributed by atoms with Crippen molar-refractivity contribution < 1.29 is 5.11 Å². The molecular formula is C30H41N3O. The van der Waals surface area contributed by atoms with Crippen LogP contribution in [0.25, 0.3) is 10.9 Å². The number of rotatable bonds is 9. The molecule has 2 aromatic carbocycles. The maximum absolute atomic E-state index is 10.1. The number of H-pyrrole nitrogens is 1. The third-order valence-electron chi connectivity index (χ3n) is 7.92. The lowest BCUT2D eigenvalue weighted by atomic mass is 9.96. The van der Waals surface area contributed by atoms with Crippen molar-refractivity contribution in [3.8, 4) is 0 Å². The molecule has 0 spiro atoms. The van der Waals surface area contributed by atoms with Gasteiger partial charge in [0.2, 0.25) is 0 Å². The number of aromatic nitrogens is 1. The molecule has 0 aliphatic carbocycles. The fourth-order valence-corrected chi connectivity index (χ4v) is 6.00. The van der Waals surface area contributed by atoms with Gasteiger partial charge in [0.25, 0.3) is 0 Å². The number of aromatic amines is 1. The van der Waals surface area contributed by atoms with Gasteiger partial charge in [-0.15, -0.1) is 0 Å². The largest absolute Gasteiger partial charge is 0.390 e. The minimum atomic E-state index is -0.614.